The standard InChI is InChI=1S/C41H32O2/c1-39-25-13-12-24-36(39)41(43,35-23-11-10-22-34(35)39)38-30-18-4-2-16-28(30)37(29-17-3-5-19-31(29)38)40(42)32-20-8-6-14-26(32)27-15-7-9-21-33(27)40/h2-25,28,30,36,42-43H,1H3. The van der Waals surface area contributed by atoms with Crippen molar-refractivity contribution >= 4 is 11.1 Å². The maximum atomic E-state index is 13.4. The lowest BCUT2D eigenvalue weighted by molar-refractivity contribution is 0.0420. The van der Waals surface area contributed by atoms with E-state index in [4.69, 9.17) is 0 Å². The van der Waals surface area contributed by atoms with Gasteiger partial charge in [0.1, 0.15) is 11.2 Å². The highest BCUT2D eigenvalue weighted by atomic mass is 16.3. The lowest BCUT2D eigenvalue weighted by Gasteiger charge is -2.46. The van der Waals surface area contributed by atoms with Crippen molar-refractivity contribution in [2.75, 3.05) is 0 Å². The van der Waals surface area contributed by atoms with Crippen LogP contribution in [0, 0.1) is 17.8 Å². The zero-order valence-corrected chi connectivity index (χ0v) is 24.0. The second kappa shape index (κ2) is 8.54. The molecule has 2 heteroatoms. The largest absolute Gasteiger partial charge is 0.380 e. The first-order chi connectivity index (χ1) is 21.0. The van der Waals surface area contributed by atoms with Gasteiger partial charge in [0.2, 0.25) is 0 Å². The first-order valence-corrected chi connectivity index (χ1v) is 15.3. The SMILES string of the molecule is CC12C=CC=CC1C(O)(C1=c3ccccc3=C(C3(O)c4ccccc4-c4ccccc43)C3C=CC=CC13)c1ccccc12. The van der Waals surface area contributed by atoms with E-state index >= 15 is 0 Å². The van der Waals surface area contributed by atoms with Crippen molar-refractivity contribution in [2.24, 2.45) is 17.8 Å². The fourth-order valence-corrected chi connectivity index (χ4v) is 9.20. The third-order valence-electron chi connectivity index (χ3n) is 10.9. The summed E-state index contributed by atoms with van der Waals surface area (Å²) < 4.78 is 0. The number of hydrogen-bond acceptors (Lipinski definition) is 2. The van der Waals surface area contributed by atoms with Gasteiger partial charge >= 0.3 is 0 Å². The third-order valence-corrected chi connectivity index (χ3v) is 10.9. The van der Waals surface area contributed by atoms with Gasteiger partial charge in [0, 0.05) is 34.3 Å². The topological polar surface area (TPSA) is 40.5 Å². The molecule has 43 heavy (non-hydrogen) atoms. The van der Waals surface area contributed by atoms with Gasteiger partial charge in [0.05, 0.1) is 0 Å². The van der Waals surface area contributed by atoms with Crippen LogP contribution in [0.5, 0.6) is 0 Å². The van der Waals surface area contributed by atoms with E-state index in [2.05, 4.69) is 134 Å². The van der Waals surface area contributed by atoms with Crippen LogP contribution in [-0.4, -0.2) is 10.2 Å². The Bertz CT molecular complexity index is 2060. The highest BCUT2D eigenvalue weighted by Crippen LogP contribution is 2.62. The minimum Gasteiger partial charge on any atom is -0.380 e. The van der Waals surface area contributed by atoms with Gasteiger partial charge in [-0.15, -0.1) is 0 Å². The van der Waals surface area contributed by atoms with E-state index in [1.807, 2.05) is 18.2 Å². The number of fused-ring (bicyclic) bond motifs is 8. The molecule has 5 aliphatic carbocycles. The molecule has 0 bridgehead atoms. The molecule has 4 aromatic rings. The molecule has 5 unspecified atom stereocenters. The van der Waals surface area contributed by atoms with Crippen molar-refractivity contribution in [2.45, 2.75) is 23.5 Å². The third kappa shape index (κ3) is 2.95. The number of aliphatic hydroxyl groups is 2. The summed E-state index contributed by atoms with van der Waals surface area (Å²) in [5, 5.41) is 28.6. The first-order valence-electron chi connectivity index (χ1n) is 15.3. The van der Waals surface area contributed by atoms with Crippen LogP contribution < -0.4 is 10.4 Å². The molecule has 5 aliphatic rings. The average Bonchev–Trinajstić information content (AvgIpc) is 3.43. The molecule has 5 atom stereocenters. The van der Waals surface area contributed by atoms with Crippen molar-refractivity contribution in [1.29, 1.82) is 0 Å². The van der Waals surface area contributed by atoms with Gasteiger partial charge < -0.3 is 10.2 Å². The summed E-state index contributed by atoms with van der Waals surface area (Å²) in [5.74, 6) is -0.452. The maximum Gasteiger partial charge on any atom is 0.139 e. The second-order valence-corrected chi connectivity index (χ2v) is 12.8. The Morgan fingerprint density at radius 3 is 1.65 bits per heavy atom. The van der Waals surface area contributed by atoms with E-state index in [0.29, 0.717) is 0 Å². The Morgan fingerprint density at radius 1 is 0.512 bits per heavy atom. The lowest BCUT2D eigenvalue weighted by Crippen LogP contribution is -2.52. The number of rotatable bonds is 2. The summed E-state index contributed by atoms with van der Waals surface area (Å²) in [6, 6.07) is 33.4. The van der Waals surface area contributed by atoms with Crippen molar-refractivity contribution in [1.82, 2.24) is 0 Å². The molecule has 0 saturated carbocycles. The number of hydrogen-bond donors (Lipinski definition) is 2. The molecular formula is C41H32O2. The first kappa shape index (κ1) is 25.0. The summed E-state index contributed by atoms with van der Waals surface area (Å²) >= 11 is 0. The smallest absolute Gasteiger partial charge is 0.139 e. The average molecular weight is 557 g/mol. The monoisotopic (exact) mass is 556 g/mol. The number of allylic oxidation sites excluding steroid dienone is 7. The summed E-state index contributed by atoms with van der Waals surface area (Å²) in [6.07, 6.45) is 17.3. The second-order valence-electron chi connectivity index (χ2n) is 12.8. The van der Waals surface area contributed by atoms with Crippen molar-refractivity contribution in [3.8, 4) is 11.1 Å². The van der Waals surface area contributed by atoms with Crippen LogP contribution >= 0.6 is 0 Å². The highest BCUT2D eigenvalue weighted by molar-refractivity contribution is 5.89. The Balaban J connectivity index is 1.44. The Kier molecular flexibility index (Phi) is 4.97. The summed E-state index contributed by atoms with van der Waals surface area (Å²) in [7, 11) is 0. The molecule has 0 spiro atoms. The van der Waals surface area contributed by atoms with Gasteiger partial charge in [-0.3, -0.25) is 0 Å². The van der Waals surface area contributed by atoms with Crippen LogP contribution in [0.2, 0.25) is 0 Å². The Labute approximate surface area is 251 Å². The van der Waals surface area contributed by atoms with Crippen LogP contribution in [0.25, 0.3) is 22.3 Å². The van der Waals surface area contributed by atoms with E-state index in [1.54, 1.807) is 0 Å². The zero-order valence-electron chi connectivity index (χ0n) is 24.0. The fourth-order valence-electron chi connectivity index (χ4n) is 9.20. The molecule has 0 saturated heterocycles. The lowest BCUT2D eigenvalue weighted by atomic mass is 9.60. The summed E-state index contributed by atoms with van der Waals surface area (Å²) in [6.45, 7) is 2.25. The maximum absolute atomic E-state index is 13.4. The zero-order chi connectivity index (χ0) is 29.0. The van der Waals surface area contributed by atoms with E-state index in [0.717, 1.165) is 49.4 Å². The van der Waals surface area contributed by atoms with Gasteiger partial charge in [-0.1, -0.05) is 153 Å². The Morgan fingerprint density at radius 2 is 1.00 bits per heavy atom. The quantitative estimate of drug-likeness (QED) is 0.310. The molecule has 2 nitrogen and oxygen atoms in total. The molecule has 2 N–H and O–H groups in total. The molecule has 9 rings (SSSR count). The molecule has 208 valence electrons. The van der Waals surface area contributed by atoms with Crippen LogP contribution in [0.1, 0.15) is 29.2 Å². The fraction of sp³-hybridized carbons (Fsp3) is 0.171. The van der Waals surface area contributed by atoms with Gasteiger partial charge in [-0.25, -0.2) is 0 Å². The summed E-state index contributed by atoms with van der Waals surface area (Å²) in [4.78, 5) is 0. The molecule has 0 aliphatic heterocycles. The van der Waals surface area contributed by atoms with E-state index in [-0.39, 0.29) is 23.2 Å². The molecule has 0 heterocycles. The minimum atomic E-state index is -1.31. The van der Waals surface area contributed by atoms with Crippen molar-refractivity contribution in [3.05, 3.63) is 178 Å². The molecule has 0 amide bonds. The normalized spacial score (nSPS) is 29.9. The summed E-state index contributed by atoms with van der Waals surface area (Å²) in [5.41, 5.74) is 5.25. The van der Waals surface area contributed by atoms with Gasteiger partial charge in [-0.2, -0.15) is 0 Å². The predicted octanol–water partition coefficient (Wildman–Crippen LogP) is 6.18. The highest BCUT2D eigenvalue weighted by Gasteiger charge is 2.60. The molecule has 0 aromatic heterocycles. The molecule has 4 aromatic carbocycles. The van der Waals surface area contributed by atoms with E-state index in [1.165, 1.54) is 5.56 Å². The Hall–Kier alpha value is -4.50. The van der Waals surface area contributed by atoms with Gasteiger partial charge in [-0.05, 0) is 43.8 Å². The van der Waals surface area contributed by atoms with E-state index < -0.39 is 11.2 Å². The minimum absolute atomic E-state index is 0.140. The molecule has 0 radical (unpaired) electrons. The van der Waals surface area contributed by atoms with Gasteiger partial charge in [0.25, 0.3) is 0 Å². The predicted molar refractivity (Wildman–Crippen MR) is 172 cm³/mol. The van der Waals surface area contributed by atoms with Crippen molar-refractivity contribution < 1.29 is 10.2 Å². The van der Waals surface area contributed by atoms with Crippen LogP contribution in [0.3, 0.4) is 0 Å². The molecular weight excluding hydrogens is 524 g/mol. The van der Waals surface area contributed by atoms with Crippen LogP contribution in [0.4, 0.5) is 0 Å². The van der Waals surface area contributed by atoms with Crippen LogP contribution in [-0.2, 0) is 16.6 Å². The van der Waals surface area contributed by atoms with Crippen LogP contribution in [0.15, 0.2) is 146 Å². The molecule has 0 fully saturated rings. The van der Waals surface area contributed by atoms with Crippen molar-refractivity contribution in [3.63, 3.8) is 0 Å². The van der Waals surface area contributed by atoms with Gasteiger partial charge in [0.15, 0.2) is 0 Å². The number of benzene rings is 4. The van der Waals surface area contributed by atoms with E-state index in [9.17, 15) is 10.2 Å².